The van der Waals surface area contributed by atoms with E-state index in [0.717, 1.165) is 17.9 Å². The first-order chi connectivity index (χ1) is 8.70. The number of carbonyl (C=O) groups is 1. The molecule has 0 spiro atoms. The van der Waals surface area contributed by atoms with Crippen molar-refractivity contribution in [2.75, 3.05) is 0 Å². The van der Waals surface area contributed by atoms with Gasteiger partial charge >= 0.3 is 0 Å². The molecule has 0 unspecified atom stereocenters. The van der Waals surface area contributed by atoms with Crippen molar-refractivity contribution < 1.29 is 4.79 Å². The zero-order valence-corrected chi connectivity index (χ0v) is 10.5. The summed E-state index contributed by atoms with van der Waals surface area (Å²) in [6.45, 7) is 4.59. The Labute approximate surface area is 106 Å². The minimum Gasteiger partial charge on any atom is -0.289 e. The summed E-state index contributed by atoms with van der Waals surface area (Å²) in [4.78, 5) is 16.1. The quantitative estimate of drug-likeness (QED) is 0.610. The number of carbonyl (C=O) groups excluding carboxylic acids is 1. The summed E-state index contributed by atoms with van der Waals surface area (Å²) in [6.07, 6.45) is 6.72. The van der Waals surface area contributed by atoms with Gasteiger partial charge in [-0.25, -0.2) is 0 Å². The maximum atomic E-state index is 12.0. The molecule has 0 N–H and O–H groups in total. The second kappa shape index (κ2) is 5.40. The van der Waals surface area contributed by atoms with E-state index in [-0.39, 0.29) is 5.78 Å². The average molecular weight is 241 g/mol. The molecule has 18 heavy (non-hydrogen) atoms. The highest BCUT2D eigenvalue weighted by molar-refractivity contribution is 6.07. The Morgan fingerprint density at radius 1 is 1.44 bits per heavy atom. The van der Waals surface area contributed by atoms with Crippen LogP contribution in [-0.4, -0.2) is 20.5 Å². The Hall–Kier alpha value is -2.23. The molecule has 0 fully saturated rings. The van der Waals surface area contributed by atoms with E-state index in [4.69, 9.17) is 0 Å². The van der Waals surface area contributed by atoms with E-state index in [1.165, 1.54) is 6.08 Å². The van der Waals surface area contributed by atoms with Crippen LogP contribution >= 0.6 is 0 Å². The van der Waals surface area contributed by atoms with Gasteiger partial charge in [0.2, 0.25) is 0 Å². The molecule has 2 rings (SSSR count). The van der Waals surface area contributed by atoms with E-state index in [2.05, 4.69) is 10.1 Å². The molecule has 0 bridgehead atoms. The van der Waals surface area contributed by atoms with E-state index in [9.17, 15) is 4.79 Å². The Balaban J connectivity index is 2.17. The molecule has 0 aromatic carbocycles. The first-order valence-corrected chi connectivity index (χ1v) is 5.88. The van der Waals surface area contributed by atoms with Crippen molar-refractivity contribution in [1.82, 2.24) is 14.8 Å². The molecule has 2 heterocycles. The SMILES string of the molecule is CCn1cc(C(=O)/C=C/c2ccccn2)c(C)n1. The first kappa shape index (κ1) is 12.2. The molecular weight excluding hydrogens is 226 g/mol. The number of hydrogen-bond acceptors (Lipinski definition) is 3. The maximum absolute atomic E-state index is 12.0. The van der Waals surface area contributed by atoms with E-state index in [1.807, 2.05) is 32.0 Å². The fourth-order valence-electron chi connectivity index (χ4n) is 1.65. The summed E-state index contributed by atoms with van der Waals surface area (Å²) in [5.74, 6) is -0.0437. The third-order valence-corrected chi connectivity index (χ3v) is 2.63. The van der Waals surface area contributed by atoms with Gasteiger partial charge in [-0.3, -0.25) is 14.5 Å². The van der Waals surface area contributed by atoms with Gasteiger partial charge in [0.1, 0.15) is 0 Å². The average Bonchev–Trinajstić information content (AvgIpc) is 2.78. The third kappa shape index (κ3) is 2.71. The van der Waals surface area contributed by atoms with E-state index in [1.54, 1.807) is 23.2 Å². The molecule has 0 amide bonds. The van der Waals surface area contributed by atoms with Crippen LogP contribution in [0.1, 0.15) is 28.7 Å². The standard InChI is InChI=1S/C14H15N3O/c1-3-17-10-13(11(2)16-17)14(18)8-7-12-6-4-5-9-15-12/h4-10H,3H2,1-2H3/b8-7+. The molecule has 2 aromatic heterocycles. The Morgan fingerprint density at radius 2 is 2.28 bits per heavy atom. The van der Waals surface area contributed by atoms with Crippen LogP contribution in [0.2, 0.25) is 0 Å². The first-order valence-electron chi connectivity index (χ1n) is 5.88. The van der Waals surface area contributed by atoms with Gasteiger partial charge < -0.3 is 0 Å². The van der Waals surface area contributed by atoms with Gasteiger partial charge in [0.25, 0.3) is 0 Å². The highest BCUT2D eigenvalue weighted by Crippen LogP contribution is 2.08. The minimum atomic E-state index is -0.0437. The van der Waals surface area contributed by atoms with Crippen molar-refractivity contribution in [1.29, 1.82) is 0 Å². The summed E-state index contributed by atoms with van der Waals surface area (Å²) in [5.41, 5.74) is 2.17. The van der Waals surface area contributed by atoms with Gasteiger partial charge in [-0.2, -0.15) is 5.10 Å². The molecule has 0 aliphatic rings. The summed E-state index contributed by atoms with van der Waals surface area (Å²) >= 11 is 0. The van der Waals surface area contributed by atoms with Crippen molar-refractivity contribution in [2.24, 2.45) is 0 Å². The lowest BCUT2D eigenvalue weighted by atomic mass is 10.1. The van der Waals surface area contributed by atoms with Crippen LogP contribution in [-0.2, 0) is 6.54 Å². The van der Waals surface area contributed by atoms with Crippen LogP contribution in [0, 0.1) is 6.92 Å². The molecule has 4 heteroatoms. The van der Waals surface area contributed by atoms with E-state index in [0.29, 0.717) is 5.56 Å². The Morgan fingerprint density at radius 3 is 2.89 bits per heavy atom. The zero-order valence-electron chi connectivity index (χ0n) is 10.5. The Bertz CT molecular complexity index is 570. The number of hydrogen-bond donors (Lipinski definition) is 0. The predicted molar refractivity (Wildman–Crippen MR) is 70.2 cm³/mol. The van der Waals surface area contributed by atoms with E-state index < -0.39 is 0 Å². The smallest absolute Gasteiger partial charge is 0.189 e. The second-order valence-electron chi connectivity index (χ2n) is 3.94. The number of allylic oxidation sites excluding steroid dienone is 1. The van der Waals surface area contributed by atoms with Gasteiger partial charge in [0.15, 0.2) is 5.78 Å². The molecule has 0 atom stereocenters. The number of ketones is 1. The second-order valence-corrected chi connectivity index (χ2v) is 3.94. The van der Waals surface area contributed by atoms with Crippen molar-refractivity contribution in [3.05, 3.63) is 53.6 Å². The normalized spacial score (nSPS) is 11.0. The maximum Gasteiger partial charge on any atom is 0.189 e. The topological polar surface area (TPSA) is 47.8 Å². The highest BCUT2D eigenvalue weighted by Gasteiger charge is 2.09. The monoisotopic (exact) mass is 241 g/mol. The summed E-state index contributed by atoms with van der Waals surface area (Å²) in [6, 6.07) is 5.58. The largest absolute Gasteiger partial charge is 0.289 e. The van der Waals surface area contributed by atoms with Gasteiger partial charge in [-0.1, -0.05) is 6.07 Å². The van der Waals surface area contributed by atoms with Gasteiger partial charge in [0, 0.05) is 18.9 Å². The van der Waals surface area contributed by atoms with Gasteiger partial charge in [0.05, 0.1) is 17.0 Å². The van der Waals surface area contributed by atoms with Gasteiger partial charge in [-0.15, -0.1) is 0 Å². The zero-order chi connectivity index (χ0) is 13.0. The van der Waals surface area contributed by atoms with Crippen molar-refractivity contribution in [2.45, 2.75) is 20.4 Å². The summed E-state index contributed by atoms with van der Waals surface area (Å²) < 4.78 is 1.76. The molecular formula is C14H15N3O. The molecule has 0 radical (unpaired) electrons. The molecule has 2 aromatic rings. The lowest BCUT2D eigenvalue weighted by Crippen LogP contribution is -1.95. The van der Waals surface area contributed by atoms with Crippen molar-refractivity contribution in [3.63, 3.8) is 0 Å². The van der Waals surface area contributed by atoms with Crippen molar-refractivity contribution >= 4 is 11.9 Å². The molecule has 0 aliphatic heterocycles. The lowest BCUT2D eigenvalue weighted by Gasteiger charge is -1.92. The minimum absolute atomic E-state index is 0.0437. The van der Waals surface area contributed by atoms with Crippen molar-refractivity contribution in [3.8, 4) is 0 Å². The lowest BCUT2D eigenvalue weighted by molar-refractivity contribution is 0.104. The van der Waals surface area contributed by atoms with Crippen LogP contribution in [0.15, 0.2) is 36.7 Å². The molecule has 92 valence electrons. The van der Waals surface area contributed by atoms with E-state index >= 15 is 0 Å². The third-order valence-electron chi connectivity index (χ3n) is 2.63. The van der Waals surface area contributed by atoms with Gasteiger partial charge in [-0.05, 0) is 38.1 Å². The number of nitrogens with zero attached hydrogens (tertiary/aromatic N) is 3. The molecule has 0 saturated heterocycles. The number of pyridine rings is 1. The van der Waals surface area contributed by atoms with Crippen LogP contribution < -0.4 is 0 Å². The Kier molecular flexibility index (Phi) is 3.67. The fraction of sp³-hybridized carbons (Fsp3) is 0.214. The number of rotatable bonds is 4. The summed E-state index contributed by atoms with van der Waals surface area (Å²) in [7, 11) is 0. The number of aryl methyl sites for hydroxylation is 2. The van der Waals surface area contributed by atoms with Crippen LogP contribution in [0.3, 0.4) is 0 Å². The molecule has 0 aliphatic carbocycles. The molecule has 4 nitrogen and oxygen atoms in total. The van der Waals surface area contributed by atoms with Crippen LogP contribution in [0.5, 0.6) is 0 Å². The highest BCUT2D eigenvalue weighted by atomic mass is 16.1. The summed E-state index contributed by atoms with van der Waals surface area (Å²) in [5, 5.41) is 4.25. The van der Waals surface area contributed by atoms with Crippen LogP contribution in [0.4, 0.5) is 0 Å². The fourth-order valence-corrected chi connectivity index (χ4v) is 1.65. The molecule has 0 saturated carbocycles. The predicted octanol–water partition coefficient (Wildman–Crippen LogP) is 2.50. The number of aromatic nitrogens is 3. The van der Waals surface area contributed by atoms with Crippen LogP contribution in [0.25, 0.3) is 6.08 Å².